The molecule has 1 fully saturated rings. The first-order chi connectivity index (χ1) is 9.29. The third kappa shape index (κ3) is 3.19. The highest BCUT2D eigenvalue weighted by atomic mass is 16.2. The van der Waals surface area contributed by atoms with E-state index in [1.54, 1.807) is 0 Å². The van der Waals surface area contributed by atoms with Crippen LogP contribution in [0, 0.1) is 11.8 Å². The lowest BCUT2D eigenvalue weighted by Crippen LogP contribution is -2.44. The molecule has 5 heteroatoms. The second-order valence-corrected chi connectivity index (χ2v) is 7.10. The lowest BCUT2D eigenvalue weighted by atomic mass is 9.78. The molecule has 3 atom stereocenters. The first kappa shape index (κ1) is 15.0. The summed E-state index contributed by atoms with van der Waals surface area (Å²) < 4.78 is 0. The maximum atomic E-state index is 12.2. The standard InChI is InChI=1S/C15H26N4O/c1-9-7-6-8-11(10(9)2)16-13(20)12-17-14(19-18-12)15(3,4)5/h9-11H,6-8H2,1-5H3,(H,16,20)(H,17,18,19). The lowest BCUT2D eigenvalue weighted by Gasteiger charge is -2.34. The Labute approximate surface area is 120 Å². The van der Waals surface area contributed by atoms with Gasteiger partial charge in [-0.1, -0.05) is 47.5 Å². The normalized spacial score (nSPS) is 27.4. The molecule has 5 nitrogen and oxygen atoms in total. The Balaban J connectivity index is 2.03. The highest BCUT2D eigenvalue weighted by Crippen LogP contribution is 2.29. The van der Waals surface area contributed by atoms with Crippen LogP contribution in [0.15, 0.2) is 0 Å². The zero-order chi connectivity index (χ0) is 14.9. The van der Waals surface area contributed by atoms with Crippen molar-refractivity contribution >= 4 is 5.91 Å². The van der Waals surface area contributed by atoms with Crippen molar-refractivity contribution in [1.29, 1.82) is 0 Å². The summed E-state index contributed by atoms with van der Waals surface area (Å²) >= 11 is 0. The van der Waals surface area contributed by atoms with Gasteiger partial charge in [-0.15, -0.1) is 5.10 Å². The number of aromatic nitrogens is 3. The molecular weight excluding hydrogens is 252 g/mol. The van der Waals surface area contributed by atoms with Gasteiger partial charge in [-0.05, 0) is 18.3 Å². The molecule has 2 N–H and O–H groups in total. The summed E-state index contributed by atoms with van der Waals surface area (Å²) in [6.45, 7) is 10.6. The van der Waals surface area contributed by atoms with Crippen LogP contribution in [-0.4, -0.2) is 27.1 Å². The van der Waals surface area contributed by atoms with Crippen LogP contribution in [0.4, 0.5) is 0 Å². The molecule has 0 spiro atoms. The van der Waals surface area contributed by atoms with Gasteiger partial charge in [0.2, 0.25) is 5.82 Å². The van der Waals surface area contributed by atoms with E-state index in [-0.39, 0.29) is 23.2 Å². The van der Waals surface area contributed by atoms with E-state index in [9.17, 15) is 4.79 Å². The molecule has 20 heavy (non-hydrogen) atoms. The molecule has 1 aliphatic rings. The molecule has 1 amide bonds. The zero-order valence-corrected chi connectivity index (χ0v) is 13.2. The van der Waals surface area contributed by atoms with Gasteiger partial charge in [0.15, 0.2) is 0 Å². The summed E-state index contributed by atoms with van der Waals surface area (Å²) in [5.41, 5.74) is -0.127. The van der Waals surface area contributed by atoms with Crippen molar-refractivity contribution in [1.82, 2.24) is 20.5 Å². The Morgan fingerprint density at radius 3 is 2.60 bits per heavy atom. The molecule has 0 aromatic carbocycles. The van der Waals surface area contributed by atoms with Crippen molar-refractivity contribution in [3.8, 4) is 0 Å². The van der Waals surface area contributed by atoms with Gasteiger partial charge in [0, 0.05) is 11.5 Å². The fraction of sp³-hybridized carbons (Fsp3) is 0.800. The number of hydrogen-bond acceptors (Lipinski definition) is 3. The fourth-order valence-corrected chi connectivity index (χ4v) is 2.72. The van der Waals surface area contributed by atoms with Crippen molar-refractivity contribution in [2.75, 3.05) is 0 Å². The fourth-order valence-electron chi connectivity index (χ4n) is 2.72. The minimum absolute atomic E-state index is 0.127. The molecule has 2 rings (SSSR count). The number of hydrogen-bond donors (Lipinski definition) is 2. The van der Waals surface area contributed by atoms with Crippen LogP contribution in [0.2, 0.25) is 0 Å². The van der Waals surface area contributed by atoms with Crippen molar-refractivity contribution in [2.24, 2.45) is 11.8 Å². The molecular formula is C15H26N4O. The highest BCUT2D eigenvalue weighted by Gasteiger charge is 2.29. The molecule has 1 aromatic rings. The predicted octanol–water partition coefficient (Wildman–Crippen LogP) is 2.66. The molecule has 3 unspecified atom stereocenters. The first-order valence-corrected chi connectivity index (χ1v) is 7.53. The van der Waals surface area contributed by atoms with Gasteiger partial charge in [-0.25, -0.2) is 4.98 Å². The average Bonchev–Trinajstić information content (AvgIpc) is 2.84. The maximum Gasteiger partial charge on any atom is 0.291 e. The van der Waals surface area contributed by atoms with Crippen LogP contribution >= 0.6 is 0 Å². The number of carbonyl (C=O) groups excluding carboxylic acids is 1. The number of nitrogens with one attached hydrogen (secondary N) is 2. The van der Waals surface area contributed by atoms with E-state index in [1.165, 1.54) is 12.8 Å². The third-order valence-electron chi connectivity index (χ3n) is 4.42. The molecule has 1 aliphatic carbocycles. The number of rotatable bonds is 2. The van der Waals surface area contributed by atoms with Crippen LogP contribution in [0.1, 0.15) is 70.3 Å². The van der Waals surface area contributed by atoms with Crippen molar-refractivity contribution in [2.45, 2.75) is 65.3 Å². The molecule has 1 aromatic heterocycles. The van der Waals surface area contributed by atoms with Gasteiger partial charge < -0.3 is 5.32 Å². The average molecular weight is 278 g/mol. The van der Waals surface area contributed by atoms with Crippen LogP contribution in [0.5, 0.6) is 0 Å². The van der Waals surface area contributed by atoms with Crippen LogP contribution in [0.25, 0.3) is 0 Å². The summed E-state index contributed by atoms with van der Waals surface area (Å²) in [4.78, 5) is 16.6. The SMILES string of the molecule is CC1CCCC(NC(=O)c2n[nH]c(C(C)(C)C)n2)C1C. The van der Waals surface area contributed by atoms with Gasteiger partial charge >= 0.3 is 0 Å². The van der Waals surface area contributed by atoms with Gasteiger partial charge in [0.25, 0.3) is 5.91 Å². The topological polar surface area (TPSA) is 70.7 Å². The van der Waals surface area contributed by atoms with E-state index >= 15 is 0 Å². The van der Waals surface area contributed by atoms with E-state index in [4.69, 9.17) is 0 Å². The minimum Gasteiger partial charge on any atom is -0.346 e. The summed E-state index contributed by atoms with van der Waals surface area (Å²) in [7, 11) is 0. The zero-order valence-electron chi connectivity index (χ0n) is 13.2. The Morgan fingerprint density at radius 1 is 1.30 bits per heavy atom. The van der Waals surface area contributed by atoms with Gasteiger partial charge in [0.05, 0.1) is 0 Å². The van der Waals surface area contributed by atoms with Crippen LogP contribution in [0.3, 0.4) is 0 Å². The summed E-state index contributed by atoms with van der Waals surface area (Å²) in [6.07, 6.45) is 3.48. The summed E-state index contributed by atoms with van der Waals surface area (Å²) in [6, 6.07) is 0.239. The Hall–Kier alpha value is -1.39. The molecule has 0 bridgehead atoms. The van der Waals surface area contributed by atoms with Crippen molar-refractivity contribution in [3.63, 3.8) is 0 Å². The third-order valence-corrected chi connectivity index (χ3v) is 4.42. The lowest BCUT2D eigenvalue weighted by molar-refractivity contribution is 0.0881. The monoisotopic (exact) mass is 278 g/mol. The molecule has 0 radical (unpaired) electrons. The Bertz CT molecular complexity index is 474. The van der Waals surface area contributed by atoms with E-state index in [2.05, 4.69) is 34.3 Å². The number of H-pyrrole nitrogens is 1. The Kier molecular flexibility index (Phi) is 4.16. The summed E-state index contributed by atoms with van der Waals surface area (Å²) in [5, 5.41) is 10.0. The number of aromatic amines is 1. The molecule has 0 saturated heterocycles. The highest BCUT2D eigenvalue weighted by molar-refractivity contribution is 5.90. The van der Waals surface area contributed by atoms with Gasteiger partial charge in [-0.2, -0.15) is 0 Å². The van der Waals surface area contributed by atoms with Gasteiger partial charge in [0.1, 0.15) is 5.82 Å². The molecule has 112 valence electrons. The second-order valence-electron chi connectivity index (χ2n) is 7.10. The number of amides is 1. The van der Waals surface area contributed by atoms with E-state index in [0.29, 0.717) is 11.8 Å². The smallest absolute Gasteiger partial charge is 0.291 e. The quantitative estimate of drug-likeness (QED) is 0.873. The summed E-state index contributed by atoms with van der Waals surface area (Å²) in [5.74, 6) is 2.00. The van der Waals surface area contributed by atoms with Crippen LogP contribution in [-0.2, 0) is 5.41 Å². The van der Waals surface area contributed by atoms with Gasteiger partial charge in [-0.3, -0.25) is 9.89 Å². The van der Waals surface area contributed by atoms with E-state index in [1.807, 2.05) is 20.8 Å². The second kappa shape index (κ2) is 5.54. The Morgan fingerprint density at radius 2 is 2.00 bits per heavy atom. The predicted molar refractivity (Wildman–Crippen MR) is 78.5 cm³/mol. The van der Waals surface area contributed by atoms with Crippen molar-refractivity contribution in [3.05, 3.63) is 11.6 Å². The van der Waals surface area contributed by atoms with E-state index < -0.39 is 0 Å². The van der Waals surface area contributed by atoms with Crippen LogP contribution < -0.4 is 5.32 Å². The molecule has 1 saturated carbocycles. The maximum absolute atomic E-state index is 12.2. The van der Waals surface area contributed by atoms with Crippen molar-refractivity contribution < 1.29 is 4.79 Å². The molecule has 0 aliphatic heterocycles. The first-order valence-electron chi connectivity index (χ1n) is 7.53. The number of carbonyl (C=O) groups is 1. The minimum atomic E-state index is -0.164. The largest absolute Gasteiger partial charge is 0.346 e. The molecule has 1 heterocycles. The van der Waals surface area contributed by atoms with E-state index in [0.717, 1.165) is 12.2 Å². The number of nitrogens with zero attached hydrogens (tertiary/aromatic N) is 2.